The first-order chi connectivity index (χ1) is 9.57. The Morgan fingerprint density at radius 1 is 1.25 bits per heavy atom. The van der Waals surface area contributed by atoms with E-state index in [-0.39, 0.29) is 6.61 Å². The fraction of sp³-hybridized carbons (Fsp3) is 0.917. The van der Waals surface area contributed by atoms with Crippen LogP contribution in [0.25, 0.3) is 0 Å². The smallest absolute Gasteiger partial charge is 0.320 e. The summed E-state index contributed by atoms with van der Waals surface area (Å²) in [5.74, 6) is 0.101. The Hall–Kier alpha value is -0.380. The number of nitrogens with two attached hydrogens (primary N) is 1. The number of hydrogen-bond donors (Lipinski definition) is 3. The van der Waals surface area contributed by atoms with Gasteiger partial charge in [-0.05, 0) is 12.2 Å². The molecule has 4 N–H and O–H groups in total. The highest BCUT2D eigenvalue weighted by molar-refractivity contribution is 7.99. The molecule has 0 fully saturated rings. The minimum atomic E-state index is -0.997. The fourth-order valence-electron chi connectivity index (χ4n) is 1.18. The minimum absolute atomic E-state index is 0.242. The van der Waals surface area contributed by atoms with Crippen LogP contribution in [-0.2, 0) is 19.0 Å². The second-order valence-electron chi connectivity index (χ2n) is 4.14. The van der Waals surface area contributed by atoms with E-state index in [0.717, 1.165) is 0 Å². The molecule has 8 heteroatoms. The van der Waals surface area contributed by atoms with Gasteiger partial charge < -0.3 is 30.2 Å². The predicted octanol–water partition coefficient (Wildman–Crippen LogP) is -0.438. The van der Waals surface area contributed by atoms with E-state index in [2.05, 4.69) is 0 Å². The molecule has 0 aliphatic rings. The van der Waals surface area contributed by atoms with Crippen molar-refractivity contribution in [3.63, 3.8) is 0 Å². The summed E-state index contributed by atoms with van der Waals surface area (Å²) in [6, 6.07) is -0.833. The van der Waals surface area contributed by atoms with E-state index in [1.54, 1.807) is 7.11 Å². The van der Waals surface area contributed by atoms with Crippen LogP contribution < -0.4 is 5.73 Å². The van der Waals surface area contributed by atoms with Crippen molar-refractivity contribution >= 4 is 17.7 Å². The molecule has 7 nitrogen and oxygen atoms in total. The second-order valence-corrected chi connectivity index (χ2v) is 5.29. The number of thioether (sulfide) groups is 1. The minimum Gasteiger partial charge on any atom is -0.480 e. The standard InChI is InChI=1S/C12H25NO6S/c1-17-3-4-18-5-6-19-8-10(14)9-20-7-2-11(13)12(15)16/h10-11,14H,2-9,13H2,1H3,(H,15,16). The van der Waals surface area contributed by atoms with Crippen molar-refractivity contribution < 1.29 is 29.2 Å². The summed E-state index contributed by atoms with van der Waals surface area (Å²) >= 11 is 1.46. The Morgan fingerprint density at radius 3 is 2.55 bits per heavy atom. The van der Waals surface area contributed by atoms with Crippen LogP contribution in [0.4, 0.5) is 0 Å². The highest BCUT2D eigenvalue weighted by Gasteiger charge is 2.11. The van der Waals surface area contributed by atoms with Crippen LogP contribution in [0.2, 0.25) is 0 Å². The van der Waals surface area contributed by atoms with Crippen molar-refractivity contribution in [3.8, 4) is 0 Å². The van der Waals surface area contributed by atoms with Crippen molar-refractivity contribution in [3.05, 3.63) is 0 Å². The highest BCUT2D eigenvalue weighted by atomic mass is 32.2. The van der Waals surface area contributed by atoms with E-state index < -0.39 is 18.1 Å². The zero-order chi connectivity index (χ0) is 15.2. The van der Waals surface area contributed by atoms with Gasteiger partial charge in [0.1, 0.15) is 6.04 Å². The maximum atomic E-state index is 10.5. The lowest BCUT2D eigenvalue weighted by atomic mass is 10.2. The van der Waals surface area contributed by atoms with E-state index in [0.29, 0.717) is 44.4 Å². The largest absolute Gasteiger partial charge is 0.480 e. The van der Waals surface area contributed by atoms with E-state index in [1.807, 2.05) is 0 Å². The van der Waals surface area contributed by atoms with Crippen molar-refractivity contribution in [2.45, 2.75) is 18.6 Å². The molecule has 0 rings (SSSR count). The molecular weight excluding hydrogens is 286 g/mol. The zero-order valence-corrected chi connectivity index (χ0v) is 12.6. The lowest BCUT2D eigenvalue weighted by molar-refractivity contribution is -0.138. The van der Waals surface area contributed by atoms with Crippen molar-refractivity contribution in [2.24, 2.45) is 5.73 Å². The van der Waals surface area contributed by atoms with Gasteiger partial charge in [-0.2, -0.15) is 11.8 Å². The molecule has 0 radical (unpaired) electrons. The molecule has 0 spiro atoms. The molecule has 0 aromatic carbocycles. The van der Waals surface area contributed by atoms with Crippen LogP contribution >= 0.6 is 11.8 Å². The molecule has 0 aliphatic heterocycles. The monoisotopic (exact) mass is 311 g/mol. The van der Waals surface area contributed by atoms with Gasteiger partial charge in [-0.1, -0.05) is 0 Å². The number of rotatable bonds is 14. The lowest BCUT2D eigenvalue weighted by Gasteiger charge is -2.12. The molecule has 2 atom stereocenters. The SMILES string of the molecule is COCCOCCOCC(O)CSCCC(N)C(=O)O. The van der Waals surface area contributed by atoms with Gasteiger partial charge in [0.25, 0.3) is 0 Å². The third-order valence-electron chi connectivity index (χ3n) is 2.31. The van der Waals surface area contributed by atoms with Crippen LogP contribution in [0.1, 0.15) is 6.42 Å². The first-order valence-electron chi connectivity index (χ1n) is 6.46. The Balaban J connectivity index is 3.28. The molecule has 0 bridgehead atoms. The van der Waals surface area contributed by atoms with Crippen LogP contribution in [0.15, 0.2) is 0 Å². The molecule has 0 saturated carbocycles. The van der Waals surface area contributed by atoms with E-state index in [4.69, 9.17) is 25.1 Å². The van der Waals surface area contributed by atoms with Crippen molar-refractivity contribution in [2.75, 3.05) is 51.6 Å². The molecule has 0 aromatic heterocycles. The normalized spacial score (nSPS) is 14.2. The third kappa shape index (κ3) is 12.6. The number of carboxylic acids is 1. The lowest BCUT2D eigenvalue weighted by Crippen LogP contribution is -2.30. The fourth-order valence-corrected chi connectivity index (χ4v) is 2.14. The Kier molecular flexibility index (Phi) is 13.3. The van der Waals surface area contributed by atoms with Crippen LogP contribution in [0.3, 0.4) is 0 Å². The third-order valence-corrected chi connectivity index (χ3v) is 3.46. The zero-order valence-electron chi connectivity index (χ0n) is 11.8. The molecule has 0 saturated heterocycles. The van der Waals surface area contributed by atoms with Crippen LogP contribution in [-0.4, -0.2) is 80.0 Å². The molecule has 0 amide bonds. The maximum absolute atomic E-state index is 10.5. The molecule has 0 aromatic rings. The average Bonchev–Trinajstić information content (AvgIpc) is 2.42. The number of aliphatic carboxylic acids is 1. The van der Waals surface area contributed by atoms with E-state index in [9.17, 15) is 9.90 Å². The summed E-state index contributed by atoms with van der Waals surface area (Å²) in [6.07, 6.45) is -0.180. The highest BCUT2D eigenvalue weighted by Crippen LogP contribution is 2.06. The number of hydrogen-bond acceptors (Lipinski definition) is 7. The maximum Gasteiger partial charge on any atom is 0.320 e. The number of aliphatic hydroxyl groups is 1. The molecule has 20 heavy (non-hydrogen) atoms. The predicted molar refractivity (Wildman–Crippen MR) is 77.1 cm³/mol. The van der Waals surface area contributed by atoms with Crippen molar-refractivity contribution in [1.29, 1.82) is 0 Å². The molecule has 120 valence electrons. The van der Waals surface area contributed by atoms with E-state index >= 15 is 0 Å². The molecule has 0 heterocycles. The molecule has 2 unspecified atom stereocenters. The number of carbonyl (C=O) groups is 1. The van der Waals surface area contributed by atoms with Gasteiger partial charge in [-0.15, -0.1) is 0 Å². The quantitative estimate of drug-likeness (QED) is 0.370. The topological polar surface area (TPSA) is 111 Å². The second kappa shape index (κ2) is 13.6. The van der Waals surface area contributed by atoms with E-state index in [1.165, 1.54) is 11.8 Å². The van der Waals surface area contributed by atoms with Gasteiger partial charge in [-0.25, -0.2) is 0 Å². The summed E-state index contributed by atoms with van der Waals surface area (Å²) in [6.45, 7) is 2.22. The summed E-state index contributed by atoms with van der Waals surface area (Å²) in [7, 11) is 1.61. The van der Waals surface area contributed by atoms with Gasteiger partial charge in [0.2, 0.25) is 0 Å². The summed E-state index contributed by atoms with van der Waals surface area (Å²) in [4.78, 5) is 10.5. The summed E-state index contributed by atoms with van der Waals surface area (Å²) < 4.78 is 15.3. The first-order valence-corrected chi connectivity index (χ1v) is 7.62. The van der Waals surface area contributed by atoms with Gasteiger partial charge in [0, 0.05) is 12.9 Å². The molecule has 0 aliphatic carbocycles. The Bertz CT molecular complexity index is 244. The van der Waals surface area contributed by atoms with Crippen LogP contribution in [0.5, 0.6) is 0 Å². The molecular formula is C12H25NO6S. The van der Waals surface area contributed by atoms with Gasteiger partial charge in [0.15, 0.2) is 0 Å². The van der Waals surface area contributed by atoms with Gasteiger partial charge >= 0.3 is 5.97 Å². The Labute approximate surface area is 123 Å². The number of aliphatic hydroxyl groups excluding tert-OH is 1. The van der Waals surface area contributed by atoms with Crippen molar-refractivity contribution in [1.82, 2.24) is 0 Å². The Morgan fingerprint density at radius 2 is 1.90 bits per heavy atom. The summed E-state index contributed by atoms with van der Waals surface area (Å²) in [5, 5.41) is 18.2. The van der Waals surface area contributed by atoms with Gasteiger partial charge in [-0.3, -0.25) is 4.79 Å². The van der Waals surface area contributed by atoms with Gasteiger partial charge in [0.05, 0.1) is 39.1 Å². The number of methoxy groups -OCH3 is 1. The number of carboxylic acid groups (broad SMARTS) is 1. The van der Waals surface area contributed by atoms with Crippen LogP contribution in [0, 0.1) is 0 Å². The average molecular weight is 311 g/mol. The number of ether oxygens (including phenoxy) is 3. The first kappa shape index (κ1) is 19.6. The summed E-state index contributed by atoms with van der Waals surface area (Å²) in [5.41, 5.74) is 5.36.